The molecule has 1 aromatic rings. The molecule has 0 unspecified atom stereocenters. The van der Waals surface area contributed by atoms with Crippen molar-refractivity contribution in [2.75, 3.05) is 14.2 Å². The highest BCUT2D eigenvalue weighted by atomic mass is 35.5. The Labute approximate surface area is 117 Å². The molecule has 0 heterocycles. The first-order chi connectivity index (χ1) is 9.16. The summed E-state index contributed by atoms with van der Waals surface area (Å²) in [6.07, 6.45) is 5.31. The highest BCUT2D eigenvalue weighted by molar-refractivity contribution is 6.30. The largest absolute Gasteiger partial charge is 0.493 e. The molecule has 19 heavy (non-hydrogen) atoms. The van der Waals surface area contributed by atoms with Crippen molar-refractivity contribution in [2.45, 2.75) is 31.2 Å². The summed E-state index contributed by atoms with van der Waals surface area (Å²) < 4.78 is 10.7. The van der Waals surface area contributed by atoms with Gasteiger partial charge in [-0.2, -0.15) is 4.99 Å². The maximum absolute atomic E-state index is 10.8. The van der Waals surface area contributed by atoms with Gasteiger partial charge in [-0.1, -0.05) is 24.4 Å². The fourth-order valence-corrected chi connectivity index (χ4v) is 2.97. The van der Waals surface area contributed by atoms with Crippen molar-refractivity contribution >= 4 is 17.7 Å². The lowest BCUT2D eigenvalue weighted by Gasteiger charge is -2.26. The van der Waals surface area contributed by atoms with Crippen LogP contribution in [0.1, 0.15) is 31.2 Å². The summed E-state index contributed by atoms with van der Waals surface area (Å²) in [5.74, 6) is 1.14. The van der Waals surface area contributed by atoms with Gasteiger partial charge in [0.2, 0.25) is 6.08 Å². The molecule has 0 saturated heterocycles. The molecule has 1 aromatic carbocycles. The fourth-order valence-electron chi connectivity index (χ4n) is 2.77. The van der Waals surface area contributed by atoms with Crippen LogP contribution in [0.3, 0.4) is 0 Å². The topological polar surface area (TPSA) is 47.9 Å². The Bertz CT molecular complexity index is 518. The number of isocyanates is 1. The quantitative estimate of drug-likeness (QED) is 0.627. The number of hydrogen-bond acceptors (Lipinski definition) is 4. The molecule has 0 bridgehead atoms. The second-order valence-corrected chi connectivity index (χ2v) is 5.07. The fraction of sp³-hybridized carbons (Fsp3) is 0.500. The molecule has 5 heteroatoms. The molecule has 1 aliphatic carbocycles. The van der Waals surface area contributed by atoms with Crippen LogP contribution in [0.25, 0.3) is 0 Å². The minimum absolute atomic E-state index is 0.542. The summed E-state index contributed by atoms with van der Waals surface area (Å²) in [6.45, 7) is 0. The van der Waals surface area contributed by atoms with E-state index in [2.05, 4.69) is 4.99 Å². The molecule has 1 fully saturated rings. The Hall–Kier alpha value is -1.51. The van der Waals surface area contributed by atoms with Gasteiger partial charge in [0.05, 0.1) is 14.2 Å². The van der Waals surface area contributed by atoms with Crippen molar-refractivity contribution in [3.05, 3.63) is 22.7 Å². The van der Waals surface area contributed by atoms with Gasteiger partial charge in [-0.25, -0.2) is 4.79 Å². The molecule has 0 radical (unpaired) electrons. The zero-order chi connectivity index (χ0) is 13.9. The zero-order valence-corrected chi connectivity index (χ0v) is 11.8. The van der Waals surface area contributed by atoms with E-state index in [4.69, 9.17) is 21.1 Å². The summed E-state index contributed by atoms with van der Waals surface area (Å²) in [7, 11) is 3.13. The van der Waals surface area contributed by atoms with Crippen molar-refractivity contribution < 1.29 is 14.3 Å². The van der Waals surface area contributed by atoms with Gasteiger partial charge >= 0.3 is 0 Å². The lowest BCUT2D eigenvalue weighted by atomic mass is 9.88. The standard InChI is InChI=1S/C14H16ClNO3/c1-18-12-8-10(15)7-11(13(12)19-2)14(16-9-17)5-3-4-6-14/h7-8H,3-6H2,1-2H3. The SMILES string of the molecule is COc1cc(Cl)cc(C2(N=C=O)CCCC2)c1OC. The van der Waals surface area contributed by atoms with Crippen molar-refractivity contribution in [3.8, 4) is 11.5 Å². The molecule has 0 spiro atoms. The van der Waals surface area contributed by atoms with Crippen LogP contribution in [0, 0.1) is 0 Å². The predicted molar refractivity (Wildman–Crippen MR) is 72.8 cm³/mol. The monoisotopic (exact) mass is 281 g/mol. The number of carbonyl (C=O) groups excluding carboxylic acids is 1. The Morgan fingerprint density at radius 3 is 2.47 bits per heavy atom. The Morgan fingerprint density at radius 2 is 1.95 bits per heavy atom. The lowest BCUT2D eigenvalue weighted by Crippen LogP contribution is -2.20. The summed E-state index contributed by atoms with van der Waals surface area (Å²) >= 11 is 6.12. The summed E-state index contributed by atoms with van der Waals surface area (Å²) in [5.41, 5.74) is 0.228. The summed E-state index contributed by atoms with van der Waals surface area (Å²) in [4.78, 5) is 14.8. The third-order valence-corrected chi connectivity index (χ3v) is 3.85. The normalized spacial score (nSPS) is 16.8. The van der Waals surface area contributed by atoms with E-state index < -0.39 is 5.54 Å². The first kappa shape index (κ1) is 13.9. The molecular weight excluding hydrogens is 266 g/mol. The van der Waals surface area contributed by atoms with Gasteiger partial charge in [0, 0.05) is 16.7 Å². The van der Waals surface area contributed by atoms with E-state index in [1.165, 1.54) is 0 Å². The van der Waals surface area contributed by atoms with Gasteiger partial charge in [-0.15, -0.1) is 0 Å². The molecule has 4 nitrogen and oxygen atoms in total. The first-order valence-electron chi connectivity index (χ1n) is 6.18. The van der Waals surface area contributed by atoms with Crippen LogP contribution in [0.15, 0.2) is 17.1 Å². The molecule has 0 aromatic heterocycles. The minimum Gasteiger partial charge on any atom is -0.493 e. The van der Waals surface area contributed by atoms with Gasteiger partial charge in [0.1, 0.15) is 5.54 Å². The third kappa shape index (κ3) is 2.46. The number of aliphatic imine (C=N–C) groups is 1. The maximum atomic E-state index is 10.8. The van der Waals surface area contributed by atoms with E-state index in [0.717, 1.165) is 31.2 Å². The zero-order valence-electron chi connectivity index (χ0n) is 11.0. The van der Waals surface area contributed by atoms with Crippen LogP contribution in [0.2, 0.25) is 5.02 Å². The molecular formula is C14H16ClNO3. The highest BCUT2D eigenvalue weighted by Crippen LogP contribution is 2.49. The summed E-state index contributed by atoms with van der Waals surface area (Å²) in [6, 6.07) is 3.49. The van der Waals surface area contributed by atoms with Gasteiger partial charge in [0.25, 0.3) is 0 Å². The summed E-state index contributed by atoms with van der Waals surface area (Å²) in [5, 5.41) is 0.542. The number of nitrogens with zero attached hydrogens (tertiary/aromatic N) is 1. The van der Waals surface area contributed by atoms with E-state index in [0.29, 0.717) is 16.5 Å². The Kier molecular flexibility index (Phi) is 4.13. The van der Waals surface area contributed by atoms with Crippen molar-refractivity contribution in [3.63, 3.8) is 0 Å². The molecule has 1 aliphatic rings. The van der Waals surface area contributed by atoms with Crippen LogP contribution < -0.4 is 9.47 Å². The number of benzene rings is 1. The molecule has 0 aliphatic heterocycles. The smallest absolute Gasteiger partial charge is 0.235 e. The van der Waals surface area contributed by atoms with E-state index in [1.807, 2.05) is 0 Å². The van der Waals surface area contributed by atoms with E-state index in [-0.39, 0.29) is 0 Å². The predicted octanol–water partition coefficient (Wildman–Crippen LogP) is 3.46. The van der Waals surface area contributed by atoms with Gasteiger partial charge in [-0.3, -0.25) is 0 Å². The van der Waals surface area contributed by atoms with Crippen LogP contribution in [0.5, 0.6) is 11.5 Å². The van der Waals surface area contributed by atoms with Crippen LogP contribution >= 0.6 is 11.6 Å². The molecule has 0 N–H and O–H groups in total. The molecule has 1 saturated carbocycles. The first-order valence-corrected chi connectivity index (χ1v) is 6.55. The molecule has 0 amide bonds. The number of hydrogen-bond donors (Lipinski definition) is 0. The lowest BCUT2D eigenvalue weighted by molar-refractivity contribution is 0.337. The number of halogens is 1. The third-order valence-electron chi connectivity index (χ3n) is 3.64. The van der Waals surface area contributed by atoms with Gasteiger partial charge in [-0.05, 0) is 18.9 Å². The Morgan fingerprint density at radius 1 is 1.26 bits per heavy atom. The van der Waals surface area contributed by atoms with E-state index in [9.17, 15) is 4.79 Å². The van der Waals surface area contributed by atoms with Crippen LogP contribution in [0.4, 0.5) is 0 Å². The minimum atomic E-state index is -0.578. The molecule has 0 atom stereocenters. The van der Waals surface area contributed by atoms with E-state index in [1.54, 1.807) is 32.4 Å². The molecule has 2 rings (SSSR count). The highest BCUT2D eigenvalue weighted by Gasteiger charge is 2.39. The number of ether oxygens (including phenoxy) is 2. The Balaban J connectivity index is 2.65. The maximum Gasteiger partial charge on any atom is 0.235 e. The second-order valence-electron chi connectivity index (χ2n) is 4.63. The van der Waals surface area contributed by atoms with Crippen LogP contribution in [-0.2, 0) is 10.3 Å². The average Bonchev–Trinajstić information content (AvgIpc) is 2.87. The van der Waals surface area contributed by atoms with Gasteiger partial charge in [0.15, 0.2) is 11.5 Å². The van der Waals surface area contributed by atoms with Crippen LogP contribution in [-0.4, -0.2) is 20.3 Å². The van der Waals surface area contributed by atoms with Crippen molar-refractivity contribution in [1.29, 1.82) is 0 Å². The van der Waals surface area contributed by atoms with Crippen molar-refractivity contribution in [1.82, 2.24) is 0 Å². The number of methoxy groups -OCH3 is 2. The molecule has 102 valence electrons. The van der Waals surface area contributed by atoms with Gasteiger partial charge < -0.3 is 9.47 Å². The van der Waals surface area contributed by atoms with E-state index >= 15 is 0 Å². The number of rotatable bonds is 4. The average molecular weight is 282 g/mol. The van der Waals surface area contributed by atoms with Crippen molar-refractivity contribution in [2.24, 2.45) is 4.99 Å². The second kappa shape index (κ2) is 5.64.